The monoisotopic (exact) mass is 271 g/mol. The number of carboxylic acid groups (broad SMARTS) is 1. The van der Waals surface area contributed by atoms with Crippen LogP contribution in [0.15, 0.2) is 0 Å². The molecule has 0 aliphatic carbocycles. The van der Waals surface area contributed by atoms with E-state index in [0.29, 0.717) is 32.6 Å². The number of urea groups is 1. The second-order valence-electron chi connectivity index (χ2n) is 5.02. The first kappa shape index (κ1) is 14.1. The van der Waals surface area contributed by atoms with Gasteiger partial charge in [-0.25, -0.2) is 9.59 Å². The van der Waals surface area contributed by atoms with Crippen molar-refractivity contribution in [1.82, 2.24) is 14.7 Å². The SMILES string of the molecule is O=C(O)C1CCCN1C(=O)N1CCN(CCO)CC1. The molecule has 7 nitrogen and oxygen atoms in total. The maximum atomic E-state index is 12.3. The van der Waals surface area contributed by atoms with Gasteiger partial charge in [0, 0.05) is 39.3 Å². The number of aliphatic hydroxyl groups excluding tert-OH is 1. The molecule has 0 aromatic heterocycles. The quantitative estimate of drug-likeness (QED) is 0.706. The van der Waals surface area contributed by atoms with E-state index in [0.717, 1.165) is 19.5 Å². The molecule has 0 spiro atoms. The number of amides is 2. The third-order valence-electron chi connectivity index (χ3n) is 3.84. The van der Waals surface area contributed by atoms with Gasteiger partial charge in [0.1, 0.15) is 6.04 Å². The minimum atomic E-state index is -0.912. The van der Waals surface area contributed by atoms with Gasteiger partial charge >= 0.3 is 12.0 Å². The summed E-state index contributed by atoms with van der Waals surface area (Å²) in [6.07, 6.45) is 1.30. The highest BCUT2D eigenvalue weighted by atomic mass is 16.4. The highest BCUT2D eigenvalue weighted by Crippen LogP contribution is 2.19. The van der Waals surface area contributed by atoms with Crippen molar-refractivity contribution >= 4 is 12.0 Å². The van der Waals surface area contributed by atoms with Gasteiger partial charge in [-0.1, -0.05) is 0 Å². The van der Waals surface area contributed by atoms with Crippen LogP contribution < -0.4 is 0 Å². The van der Waals surface area contributed by atoms with Crippen LogP contribution in [-0.2, 0) is 4.79 Å². The number of piperazine rings is 1. The van der Waals surface area contributed by atoms with Crippen molar-refractivity contribution in [2.24, 2.45) is 0 Å². The third-order valence-corrected chi connectivity index (χ3v) is 3.84. The highest BCUT2D eigenvalue weighted by Gasteiger charge is 2.36. The summed E-state index contributed by atoms with van der Waals surface area (Å²) in [5.74, 6) is -0.912. The average molecular weight is 271 g/mol. The van der Waals surface area contributed by atoms with Gasteiger partial charge in [-0.2, -0.15) is 0 Å². The molecule has 2 amide bonds. The Balaban J connectivity index is 1.89. The maximum absolute atomic E-state index is 12.3. The van der Waals surface area contributed by atoms with Gasteiger partial charge in [0.2, 0.25) is 0 Å². The number of hydrogen-bond acceptors (Lipinski definition) is 4. The van der Waals surface area contributed by atoms with E-state index in [1.165, 1.54) is 4.90 Å². The second kappa shape index (κ2) is 6.21. The van der Waals surface area contributed by atoms with Crippen molar-refractivity contribution in [3.8, 4) is 0 Å². The largest absolute Gasteiger partial charge is 0.480 e. The van der Waals surface area contributed by atoms with E-state index in [1.807, 2.05) is 0 Å². The van der Waals surface area contributed by atoms with E-state index >= 15 is 0 Å². The van der Waals surface area contributed by atoms with Crippen molar-refractivity contribution in [2.45, 2.75) is 18.9 Å². The van der Waals surface area contributed by atoms with Crippen LogP contribution in [0.5, 0.6) is 0 Å². The normalized spacial score (nSPS) is 24.8. The number of likely N-dealkylation sites (tertiary alicyclic amines) is 1. The Hall–Kier alpha value is -1.34. The zero-order chi connectivity index (χ0) is 13.8. The molecule has 2 aliphatic rings. The first-order valence-electron chi connectivity index (χ1n) is 6.75. The summed E-state index contributed by atoms with van der Waals surface area (Å²) in [6.45, 7) is 3.95. The fourth-order valence-corrected chi connectivity index (χ4v) is 2.74. The second-order valence-corrected chi connectivity index (χ2v) is 5.02. The molecule has 2 fully saturated rings. The van der Waals surface area contributed by atoms with E-state index < -0.39 is 12.0 Å². The van der Waals surface area contributed by atoms with Gasteiger partial charge in [-0.3, -0.25) is 4.90 Å². The lowest BCUT2D eigenvalue weighted by atomic mass is 10.2. The summed E-state index contributed by atoms with van der Waals surface area (Å²) >= 11 is 0. The Labute approximate surface area is 112 Å². The van der Waals surface area contributed by atoms with Crippen LogP contribution in [0.4, 0.5) is 4.79 Å². The maximum Gasteiger partial charge on any atom is 0.326 e. The van der Waals surface area contributed by atoms with Crippen LogP contribution in [0.3, 0.4) is 0 Å². The van der Waals surface area contributed by atoms with Crippen LogP contribution in [0.1, 0.15) is 12.8 Å². The molecule has 0 aromatic carbocycles. The standard InChI is InChI=1S/C12H21N3O4/c16-9-8-13-4-6-14(7-5-13)12(19)15-3-1-2-10(15)11(17)18/h10,16H,1-9H2,(H,17,18). The molecular weight excluding hydrogens is 250 g/mol. The molecule has 0 saturated carbocycles. The molecule has 108 valence electrons. The molecule has 2 rings (SSSR count). The summed E-state index contributed by atoms with van der Waals surface area (Å²) < 4.78 is 0. The van der Waals surface area contributed by atoms with Crippen molar-refractivity contribution in [2.75, 3.05) is 45.9 Å². The zero-order valence-corrected chi connectivity index (χ0v) is 11.0. The van der Waals surface area contributed by atoms with Gasteiger partial charge in [-0.05, 0) is 12.8 Å². The molecule has 2 saturated heterocycles. The van der Waals surface area contributed by atoms with Crippen LogP contribution in [0, 0.1) is 0 Å². The topological polar surface area (TPSA) is 84.3 Å². The number of aliphatic carboxylic acids is 1. The van der Waals surface area contributed by atoms with E-state index in [1.54, 1.807) is 4.90 Å². The molecule has 2 N–H and O–H groups in total. The third kappa shape index (κ3) is 3.16. The number of aliphatic hydroxyl groups is 1. The van der Waals surface area contributed by atoms with Gasteiger partial charge in [0.25, 0.3) is 0 Å². The van der Waals surface area contributed by atoms with E-state index in [-0.39, 0.29) is 12.6 Å². The van der Waals surface area contributed by atoms with Gasteiger partial charge < -0.3 is 20.0 Å². The van der Waals surface area contributed by atoms with Crippen molar-refractivity contribution in [3.05, 3.63) is 0 Å². The lowest BCUT2D eigenvalue weighted by molar-refractivity contribution is -0.141. The predicted molar refractivity (Wildman–Crippen MR) is 67.9 cm³/mol. The number of nitrogens with zero attached hydrogens (tertiary/aromatic N) is 3. The number of carbonyl (C=O) groups is 2. The minimum Gasteiger partial charge on any atom is -0.480 e. The summed E-state index contributed by atoms with van der Waals surface area (Å²) in [4.78, 5) is 28.7. The van der Waals surface area contributed by atoms with E-state index in [9.17, 15) is 9.59 Å². The molecule has 2 aliphatic heterocycles. The number of β-amino-alcohol motifs (C(OH)–C–C–N with tert-alkyl or cyclic N) is 1. The summed E-state index contributed by atoms with van der Waals surface area (Å²) in [7, 11) is 0. The molecule has 7 heteroatoms. The Morgan fingerprint density at radius 2 is 1.79 bits per heavy atom. The molecular formula is C12H21N3O4. The fraction of sp³-hybridized carbons (Fsp3) is 0.833. The van der Waals surface area contributed by atoms with Crippen LogP contribution in [-0.4, -0.2) is 88.8 Å². The Bertz CT molecular complexity index is 342. The van der Waals surface area contributed by atoms with E-state index in [4.69, 9.17) is 10.2 Å². The molecule has 0 bridgehead atoms. The number of carbonyl (C=O) groups excluding carboxylic acids is 1. The Morgan fingerprint density at radius 3 is 2.37 bits per heavy atom. The van der Waals surface area contributed by atoms with Crippen LogP contribution in [0.25, 0.3) is 0 Å². The van der Waals surface area contributed by atoms with Crippen molar-refractivity contribution in [1.29, 1.82) is 0 Å². The average Bonchev–Trinajstić information content (AvgIpc) is 2.88. The summed E-state index contributed by atoms with van der Waals surface area (Å²) in [5, 5.41) is 18.0. The Kier molecular flexibility index (Phi) is 4.60. The van der Waals surface area contributed by atoms with Crippen LogP contribution >= 0.6 is 0 Å². The number of rotatable bonds is 3. The lowest BCUT2D eigenvalue weighted by Gasteiger charge is -2.37. The fourth-order valence-electron chi connectivity index (χ4n) is 2.74. The Morgan fingerprint density at radius 1 is 1.11 bits per heavy atom. The lowest BCUT2D eigenvalue weighted by Crippen LogP contribution is -2.55. The van der Waals surface area contributed by atoms with Gasteiger partial charge in [0.05, 0.1) is 6.61 Å². The number of carboxylic acids is 1. The molecule has 0 radical (unpaired) electrons. The minimum absolute atomic E-state index is 0.126. The highest BCUT2D eigenvalue weighted by molar-refractivity contribution is 5.83. The first-order chi connectivity index (χ1) is 9.13. The summed E-state index contributed by atoms with van der Waals surface area (Å²) in [6, 6.07) is -0.823. The van der Waals surface area contributed by atoms with Gasteiger partial charge in [0.15, 0.2) is 0 Å². The van der Waals surface area contributed by atoms with Gasteiger partial charge in [-0.15, -0.1) is 0 Å². The zero-order valence-electron chi connectivity index (χ0n) is 11.0. The number of hydrogen-bond donors (Lipinski definition) is 2. The van der Waals surface area contributed by atoms with E-state index in [2.05, 4.69) is 4.90 Å². The molecule has 0 aromatic rings. The molecule has 2 heterocycles. The molecule has 1 unspecified atom stereocenters. The molecule has 1 atom stereocenters. The van der Waals surface area contributed by atoms with Crippen molar-refractivity contribution < 1.29 is 19.8 Å². The smallest absolute Gasteiger partial charge is 0.326 e. The summed E-state index contributed by atoms with van der Waals surface area (Å²) in [5.41, 5.74) is 0. The van der Waals surface area contributed by atoms with Crippen molar-refractivity contribution in [3.63, 3.8) is 0 Å². The molecule has 19 heavy (non-hydrogen) atoms. The van der Waals surface area contributed by atoms with Crippen LogP contribution in [0.2, 0.25) is 0 Å². The predicted octanol–water partition coefficient (Wildman–Crippen LogP) is -0.735. The first-order valence-corrected chi connectivity index (χ1v) is 6.75.